The summed E-state index contributed by atoms with van der Waals surface area (Å²) in [6.07, 6.45) is 3.29. The first-order valence-electron chi connectivity index (χ1n) is 9.97. The van der Waals surface area contributed by atoms with Gasteiger partial charge in [0.05, 0.1) is 43.0 Å². The van der Waals surface area contributed by atoms with Crippen LogP contribution < -0.4 is 9.47 Å². The predicted molar refractivity (Wildman–Crippen MR) is 121 cm³/mol. The fraction of sp³-hybridized carbons (Fsp3) is 0.261. The number of fused-ring (bicyclic) bond motifs is 1. The van der Waals surface area contributed by atoms with E-state index in [9.17, 15) is 8.42 Å². The van der Waals surface area contributed by atoms with E-state index >= 15 is 0 Å². The van der Waals surface area contributed by atoms with Gasteiger partial charge in [-0.1, -0.05) is 12.1 Å². The molecule has 2 aromatic heterocycles. The molecule has 4 aromatic rings. The van der Waals surface area contributed by atoms with Gasteiger partial charge in [-0.05, 0) is 36.8 Å². The van der Waals surface area contributed by atoms with Crippen LogP contribution in [0.25, 0.3) is 11.0 Å². The molecule has 0 fully saturated rings. The number of sulfone groups is 1. The van der Waals surface area contributed by atoms with E-state index in [4.69, 9.17) is 14.5 Å². The van der Waals surface area contributed by atoms with Crippen LogP contribution in [-0.4, -0.2) is 42.2 Å². The second-order valence-electron chi connectivity index (χ2n) is 7.56. The number of rotatable bonds is 7. The number of imidazole rings is 1. The zero-order valence-corrected chi connectivity index (χ0v) is 19.2. The van der Waals surface area contributed by atoms with Gasteiger partial charge in [0.15, 0.2) is 5.03 Å². The van der Waals surface area contributed by atoms with Gasteiger partial charge in [-0.25, -0.2) is 23.4 Å². The third kappa shape index (κ3) is 4.29. The molecule has 2 heterocycles. The van der Waals surface area contributed by atoms with Crippen LogP contribution in [0.5, 0.6) is 11.5 Å². The van der Waals surface area contributed by atoms with Crippen LogP contribution in [0.1, 0.15) is 22.5 Å². The van der Waals surface area contributed by atoms with Crippen molar-refractivity contribution in [3.63, 3.8) is 0 Å². The molecule has 0 N–H and O–H groups in total. The Morgan fingerprint density at radius 1 is 1.00 bits per heavy atom. The highest BCUT2D eigenvalue weighted by Gasteiger charge is 2.23. The zero-order chi connectivity index (χ0) is 22.9. The van der Waals surface area contributed by atoms with Crippen LogP contribution in [0.4, 0.5) is 0 Å². The molecule has 0 unspecified atom stereocenters. The maximum atomic E-state index is 13.0. The summed E-state index contributed by atoms with van der Waals surface area (Å²) in [6.45, 7) is 1.93. The number of hydrogen-bond acceptors (Lipinski definition) is 7. The summed E-state index contributed by atoms with van der Waals surface area (Å²) in [5.74, 6) is 1.09. The van der Waals surface area contributed by atoms with E-state index in [2.05, 4.69) is 9.97 Å². The van der Waals surface area contributed by atoms with Crippen LogP contribution in [0.15, 0.2) is 53.9 Å². The summed E-state index contributed by atoms with van der Waals surface area (Å²) in [5, 5.41) is 0.00992. The molecule has 0 bridgehead atoms. The van der Waals surface area contributed by atoms with Crippen LogP contribution in [0, 0.1) is 6.92 Å². The second kappa shape index (κ2) is 8.58. The standard InChI is InChI=1S/C23H24N4O4S/c1-15-9-17(30-3)10-16(23(15)31-4)11-20-21(26-19-8-6-5-7-18(19)25-20)13-32(28,29)22-12-27(2)14-24-22/h5-10,12,14H,11,13H2,1-4H3. The number of aryl methyl sites for hydroxylation is 2. The molecular weight excluding hydrogens is 428 g/mol. The molecular formula is C23H24N4O4S. The molecule has 0 radical (unpaired) electrons. The van der Waals surface area contributed by atoms with Crippen LogP contribution >= 0.6 is 0 Å². The summed E-state index contributed by atoms with van der Waals surface area (Å²) < 4.78 is 38.7. The molecule has 2 aromatic carbocycles. The SMILES string of the molecule is COc1cc(C)c(OC)c(Cc2nc3ccccc3nc2CS(=O)(=O)c2cn(C)cn2)c1. The number of ether oxygens (including phenoxy) is 2. The Balaban J connectivity index is 1.83. The van der Waals surface area contributed by atoms with Crippen molar-refractivity contribution < 1.29 is 17.9 Å². The van der Waals surface area contributed by atoms with Crippen molar-refractivity contribution in [2.24, 2.45) is 7.05 Å². The van der Waals surface area contributed by atoms with E-state index in [0.29, 0.717) is 40.3 Å². The Bertz CT molecular complexity index is 1400. The topological polar surface area (TPSA) is 96.2 Å². The van der Waals surface area contributed by atoms with Gasteiger partial charge >= 0.3 is 0 Å². The van der Waals surface area contributed by atoms with Crippen molar-refractivity contribution in [1.82, 2.24) is 19.5 Å². The molecule has 4 rings (SSSR count). The van der Waals surface area contributed by atoms with Crippen molar-refractivity contribution >= 4 is 20.9 Å². The normalized spacial score (nSPS) is 11.6. The lowest BCUT2D eigenvalue weighted by molar-refractivity contribution is 0.396. The minimum atomic E-state index is -3.70. The third-order valence-electron chi connectivity index (χ3n) is 5.18. The number of para-hydroxylation sites is 2. The van der Waals surface area contributed by atoms with Crippen LogP contribution in [0.2, 0.25) is 0 Å². The average molecular weight is 453 g/mol. The summed E-state index contributed by atoms with van der Waals surface area (Å²) in [7, 11) is 1.23. The van der Waals surface area contributed by atoms with Gasteiger partial charge in [0.25, 0.3) is 0 Å². The molecule has 8 nitrogen and oxygen atoms in total. The number of aromatic nitrogens is 4. The Hall–Kier alpha value is -3.46. The first-order valence-corrected chi connectivity index (χ1v) is 11.6. The quantitative estimate of drug-likeness (QED) is 0.425. The van der Waals surface area contributed by atoms with Crippen molar-refractivity contribution in [1.29, 1.82) is 0 Å². The van der Waals surface area contributed by atoms with E-state index in [0.717, 1.165) is 11.1 Å². The number of nitrogens with zero attached hydrogens (tertiary/aromatic N) is 4. The fourth-order valence-electron chi connectivity index (χ4n) is 3.67. The minimum absolute atomic E-state index is 0.00992. The highest BCUT2D eigenvalue weighted by molar-refractivity contribution is 7.90. The van der Waals surface area contributed by atoms with Gasteiger partial charge in [0, 0.05) is 25.2 Å². The lowest BCUT2D eigenvalue weighted by atomic mass is 10.0. The molecule has 0 amide bonds. The highest BCUT2D eigenvalue weighted by Crippen LogP contribution is 2.31. The number of methoxy groups -OCH3 is 2. The monoisotopic (exact) mass is 452 g/mol. The molecule has 0 saturated heterocycles. The molecule has 0 aliphatic rings. The summed E-state index contributed by atoms with van der Waals surface area (Å²) in [6, 6.07) is 11.2. The van der Waals surface area contributed by atoms with E-state index in [-0.39, 0.29) is 10.8 Å². The Kier molecular flexibility index (Phi) is 5.84. The van der Waals surface area contributed by atoms with Crippen molar-refractivity contribution in [2.75, 3.05) is 14.2 Å². The Labute approximate surface area is 186 Å². The first-order chi connectivity index (χ1) is 15.3. The van der Waals surface area contributed by atoms with E-state index in [1.54, 1.807) is 25.8 Å². The summed E-state index contributed by atoms with van der Waals surface area (Å²) in [5.41, 5.74) is 4.03. The number of hydrogen-bond donors (Lipinski definition) is 0. The van der Waals surface area contributed by atoms with Crippen LogP contribution in [0.3, 0.4) is 0 Å². The third-order valence-corrected chi connectivity index (χ3v) is 6.68. The molecule has 0 saturated carbocycles. The van der Waals surface area contributed by atoms with E-state index < -0.39 is 9.84 Å². The highest BCUT2D eigenvalue weighted by atomic mass is 32.2. The van der Waals surface area contributed by atoms with Crippen LogP contribution in [-0.2, 0) is 29.1 Å². The molecule has 0 spiro atoms. The van der Waals surface area contributed by atoms with Gasteiger partial charge in [-0.15, -0.1) is 0 Å². The Morgan fingerprint density at radius 3 is 2.28 bits per heavy atom. The van der Waals surface area contributed by atoms with Gasteiger partial charge in [0.2, 0.25) is 9.84 Å². The first kappa shape index (κ1) is 21.8. The Morgan fingerprint density at radius 2 is 1.69 bits per heavy atom. The van der Waals surface area contributed by atoms with E-state index in [1.807, 2.05) is 43.3 Å². The van der Waals surface area contributed by atoms with Crippen molar-refractivity contribution in [3.05, 3.63) is 71.4 Å². The van der Waals surface area contributed by atoms with Crippen molar-refractivity contribution in [2.45, 2.75) is 24.1 Å². The van der Waals surface area contributed by atoms with Gasteiger partial charge in [-0.3, -0.25) is 0 Å². The maximum Gasteiger partial charge on any atom is 0.202 e. The molecule has 0 aliphatic carbocycles. The summed E-state index contributed by atoms with van der Waals surface area (Å²) >= 11 is 0. The maximum absolute atomic E-state index is 13.0. The average Bonchev–Trinajstić information content (AvgIpc) is 3.21. The second-order valence-corrected chi connectivity index (χ2v) is 9.49. The largest absolute Gasteiger partial charge is 0.497 e. The molecule has 0 aliphatic heterocycles. The van der Waals surface area contributed by atoms with Gasteiger partial charge < -0.3 is 14.0 Å². The number of benzene rings is 2. The summed E-state index contributed by atoms with van der Waals surface area (Å²) in [4.78, 5) is 13.4. The zero-order valence-electron chi connectivity index (χ0n) is 18.4. The lowest BCUT2D eigenvalue weighted by Crippen LogP contribution is -2.12. The van der Waals surface area contributed by atoms with Crippen molar-refractivity contribution in [3.8, 4) is 11.5 Å². The van der Waals surface area contributed by atoms with E-state index in [1.165, 1.54) is 12.5 Å². The van der Waals surface area contributed by atoms with Gasteiger partial charge in [0.1, 0.15) is 17.3 Å². The minimum Gasteiger partial charge on any atom is -0.497 e. The van der Waals surface area contributed by atoms with Gasteiger partial charge in [-0.2, -0.15) is 0 Å². The smallest absolute Gasteiger partial charge is 0.202 e. The predicted octanol–water partition coefficient (Wildman–Crippen LogP) is 3.25. The molecule has 166 valence electrons. The lowest BCUT2D eigenvalue weighted by Gasteiger charge is -2.15. The molecule has 0 atom stereocenters. The molecule has 32 heavy (non-hydrogen) atoms. The fourth-order valence-corrected chi connectivity index (χ4v) is 4.94. The molecule has 9 heteroatoms.